The van der Waals surface area contributed by atoms with Crippen molar-refractivity contribution in [1.29, 1.82) is 0 Å². The Balaban J connectivity index is 3.06. The van der Waals surface area contributed by atoms with Gasteiger partial charge in [0, 0.05) is 0 Å². The fraction of sp³-hybridized carbons (Fsp3) is 0.273. The van der Waals surface area contributed by atoms with Crippen molar-refractivity contribution in [3.05, 3.63) is 29.6 Å². The molecule has 1 unspecified atom stereocenters. The Bertz CT molecular complexity index is 377. The fourth-order valence-electron chi connectivity index (χ4n) is 0.957. The molecule has 0 aliphatic rings. The number of nitrogens with two attached hydrogens (primary N) is 1. The summed E-state index contributed by atoms with van der Waals surface area (Å²) in [5, 5.41) is 0. The highest BCUT2D eigenvalue weighted by Gasteiger charge is 2.05. The van der Waals surface area contributed by atoms with E-state index in [1.807, 2.05) is 0 Å². The second-order valence-corrected chi connectivity index (χ2v) is 2.88. The van der Waals surface area contributed by atoms with E-state index < -0.39 is 5.82 Å². The highest BCUT2D eigenvalue weighted by atomic mass is 19.1. The van der Waals surface area contributed by atoms with Crippen LogP contribution in [0.4, 0.5) is 4.39 Å². The molecule has 0 radical (unpaired) electrons. The zero-order valence-corrected chi connectivity index (χ0v) is 8.17. The van der Waals surface area contributed by atoms with Gasteiger partial charge in [0.15, 0.2) is 11.6 Å². The summed E-state index contributed by atoms with van der Waals surface area (Å²) in [7, 11) is 1.42. The van der Waals surface area contributed by atoms with Gasteiger partial charge in [-0.05, 0) is 19.1 Å². The van der Waals surface area contributed by atoms with Gasteiger partial charge in [0.2, 0.25) is 0 Å². The third-order valence-electron chi connectivity index (χ3n) is 1.62. The van der Waals surface area contributed by atoms with Crippen molar-refractivity contribution in [2.45, 2.75) is 13.0 Å². The van der Waals surface area contributed by atoms with Crippen LogP contribution in [0, 0.1) is 17.7 Å². The van der Waals surface area contributed by atoms with Crippen LogP contribution in [0.2, 0.25) is 0 Å². The van der Waals surface area contributed by atoms with Crippen LogP contribution in [0.15, 0.2) is 18.2 Å². The van der Waals surface area contributed by atoms with Crippen LogP contribution >= 0.6 is 0 Å². The van der Waals surface area contributed by atoms with Crippen molar-refractivity contribution >= 4 is 0 Å². The summed E-state index contributed by atoms with van der Waals surface area (Å²) < 4.78 is 18.3. The van der Waals surface area contributed by atoms with Crippen molar-refractivity contribution in [2.24, 2.45) is 5.73 Å². The number of rotatable bonds is 1. The second kappa shape index (κ2) is 4.64. The first-order chi connectivity index (χ1) is 6.65. The molecule has 0 bridgehead atoms. The molecule has 2 N–H and O–H groups in total. The maximum absolute atomic E-state index is 13.5. The van der Waals surface area contributed by atoms with Gasteiger partial charge < -0.3 is 10.5 Å². The monoisotopic (exact) mass is 193 g/mol. The van der Waals surface area contributed by atoms with Crippen molar-refractivity contribution in [1.82, 2.24) is 0 Å². The smallest absolute Gasteiger partial charge is 0.180 e. The first kappa shape index (κ1) is 10.6. The molecule has 3 heteroatoms. The van der Waals surface area contributed by atoms with Gasteiger partial charge in [-0.3, -0.25) is 0 Å². The molecule has 0 saturated heterocycles. The second-order valence-electron chi connectivity index (χ2n) is 2.88. The van der Waals surface area contributed by atoms with Crippen LogP contribution < -0.4 is 10.5 Å². The minimum atomic E-state index is -0.442. The zero-order chi connectivity index (χ0) is 10.6. The maximum atomic E-state index is 13.5. The van der Waals surface area contributed by atoms with Gasteiger partial charge in [0.05, 0.1) is 18.7 Å². The minimum absolute atomic E-state index is 0.196. The number of hydrogen-bond donors (Lipinski definition) is 1. The molecule has 2 nitrogen and oxygen atoms in total. The molecule has 0 saturated carbocycles. The Labute approximate surface area is 82.9 Å². The maximum Gasteiger partial charge on any atom is 0.180 e. The molecule has 1 rings (SSSR count). The summed E-state index contributed by atoms with van der Waals surface area (Å²) in [6.07, 6.45) is 0. The summed E-state index contributed by atoms with van der Waals surface area (Å²) in [6.45, 7) is 1.74. The number of ether oxygens (including phenoxy) is 1. The Kier molecular flexibility index (Phi) is 3.49. The van der Waals surface area contributed by atoms with E-state index in [1.54, 1.807) is 25.1 Å². The average molecular weight is 193 g/mol. The van der Waals surface area contributed by atoms with Crippen molar-refractivity contribution in [2.75, 3.05) is 7.11 Å². The first-order valence-corrected chi connectivity index (χ1v) is 4.24. The van der Waals surface area contributed by atoms with Gasteiger partial charge in [0.1, 0.15) is 0 Å². The molecule has 1 atom stereocenters. The topological polar surface area (TPSA) is 35.2 Å². The lowest BCUT2D eigenvalue weighted by Crippen LogP contribution is -2.11. The van der Waals surface area contributed by atoms with Crippen LogP contribution in [0.1, 0.15) is 12.5 Å². The number of halogens is 1. The van der Waals surface area contributed by atoms with Crippen LogP contribution in [-0.2, 0) is 0 Å². The van der Waals surface area contributed by atoms with E-state index in [0.717, 1.165) is 0 Å². The molecule has 0 amide bonds. The standard InChI is InChI=1S/C11H12FNO/c1-8(13)6-7-9-4-3-5-10(14-2)11(9)12/h3-5,8H,13H2,1-2H3. The number of methoxy groups -OCH3 is 1. The number of hydrogen-bond acceptors (Lipinski definition) is 2. The molecule has 0 aromatic heterocycles. The van der Waals surface area contributed by atoms with Crippen LogP contribution in [-0.4, -0.2) is 13.2 Å². The predicted octanol–water partition coefficient (Wildman–Crippen LogP) is 1.53. The van der Waals surface area contributed by atoms with E-state index >= 15 is 0 Å². The largest absolute Gasteiger partial charge is 0.494 e. The fourth-order valence-corrected chi connectivity index (χ4v) is 0.957. The summed E-state index contributed by atoms with van der Waals surface area (Å²) in [4.78, 5) is 0. The van der Waals surface area contributed by atoms with Crippen molar-refractivity contribution in [3.63, 3.8) is 0 Å². The van der Waals surface area contributed by atoms with Crippen LogP contribution in [0.5, 0.6) is 5.75 Å². The molecule has 1 aromatic rings. The lowest BCUT2D eigenvalue weighted by molar-refractivity contribution is 0.386. The molecule has 0 aliphatic heterocycles. The summed E-state index contributed by atoms with van der Waals surface area (Å²) in [5.41, 5.74) is 5.74. The van der Waals surface area contributed by atoms with E-state index in [2.05, 4.69) is 11.8 Å². The van der Waals surface area contributed by atoms with Crippen LogP contribution in [0.3, 0.4) is 0 Å². The van der Waals surface area contributed by atoms with Gasteiger partial charge in [0.25, 0.3) is 0 Å². The third-order valence-corrected chi connectivity index (χ3v) is 1.62. The van der Waals surface area contributed by atoms with E-state index in [1.165, 1.54) is 7.11 Å². The molecule has 0 fully saturated rings. The molecule has 14 heavy (non-hydrogen) atoms. The van der Waals surface area contributed by atoms with Gasteiger partial charge in [-0.15, -0.1) is 0 Å². The molecular formula is C11H12FNO. The SMILES string of the molecule is COc1cccc(C#CC(C)N)c1F. The normalized spacial score (nSPS) is 11.4. The van der Waals surface area contributed by atoms with E-state index in [0.29, 0.717) is 5.56 Å². The van der Waals surface area contributed by atoms with E-state index in [9.17, 15) is 4.39 Å². The molecule has 0 aliphatic carbocycles. The predicted molar refractivity (Wildman–Crippen MR) is 53.5 cm³/mol. The van der Waals surface area contributed by atoms with Crippen LogP contribution in [0.25, 0.3) is 0 Å². The Morgan fingerprint density at radius 2 is 2.21 bits per heavy atom. The first-order valence-electron chi connectivity index (χ1n) is 4.24. The minimum Gasteiger partial charge on any atom is -0.494 e. The Hall–Kier alpha value is -1.53. The van der Waals surface area contributed by atoms with Gasteiger partial charge in [-0.1, -0.05) is 17.9 Å². The Morgan fingerprint density at radius 1 is 1.50 bits per heavy atom. The van der Waals surface area contributed by atoms with Gasteiger partial charge in [-0.25, -0.2) is 4.39 Å². The Morgan fingerprint density at radius 3 is 2.79 bits per heavy atom. The lowest BCUT2D eigenvalue weighted by Gasteiger charge is -2.02. The summed E-state index contributed by atoms with van der Waals surface area (Å²) in [6, 6.07) is 4.56. The quantitative estimate of drug-likeness (QED) is 0.686. The average Bonchev–Trinajstić information content (AvgIpc) is 2.16. The highest BCUT2D eigenvalue weighted by molar-refractivity contribution is 5.42. The van der Waals surface area contributed by atoms with Gasteiger partial charge in [-0.2, -0.15) is 0 Å². The highest BCUT2D eigenvalue weighted by Crippen LogP contribution is 2.18. The zero-order valence-electron chi connectivity index (χ0n) is 8.17. The molecule has 0 spiro atoms. The molecule has 74 valence electrons. The summed E-state index contributed by atoms with van der Waals surface area (Å²) in [5.74, 6) is 5.10. The lowest BCUT2D eigenvalue weighted by atomic mass is 10.2. The summed E-state index contributed by atoms with van der Waals surface area (Å²) >= 11 is 0. The third kappa shape index (κ3) is 2.48. The van der Waals surface area contributed by atoms with E-state index in [-0.39, 0.29) is 11.8 Å². The van der Waals surface area contributed by atoms with Gasteiger partial charge >= 0.3 is 0 Å². The number of benzene rings is 1. The molecule has 0 heterocycles. The van der Waals surface area contributed by atoms with E-state index in [4.69, 9.17) is 10.5 Å². The van der Waals surface area contributed by atoms with Crippen molar-refractivity contribution in [3.8, 4) is 17.6 Å². The van der Waals surface area contributed by atoms with Crippen molar-refractivity contribution < 1.29 is 9.13 Å². The molecular weight excluding hydrogens is 181 g/mol. The molecule has 1 aromatic carbocycles.